The highest BCUT2D eigenvalue weighted by molar-refractivity contribution is 7.80. The molecule has 0 aliphatic heterocycles. The lowest BCUT2D eigenvalue weighted by Gasteiger charge is -2.17. The Morgan fingerprint density at radius 3 is 2.50 bits per heavy atom. The molecule has 0 fully saturated rings. The molecule has 0 aromatic heterocycles. The normalized spacial score (nSPS) is 11.1. The SMILES string of the molecule is CCCCCc1ccc(C(=O)Nc2cccc(C)c2C)cc1NC[C@@H](N)CS.Cl.Cl. The van der Waals surface area contributed by atoms with Gasteiger partial charge in [0, 0.05) is 35.3 Å². The van der Waals surface area contributed by atoms with Crippen LogP contribution in [0.5, 0.6) is 0 Å². The minimum absolute atomic E-state index is 0. The van der Waals surface area contributed by atoms with E-state index < -0.39 is 0 Å². The van der Waals surface area contributed by atoms with E-state index in [1.807, 2.05) is 44.2 Å². The number of halogens is 2. The first kappa shape index (κ1) is 28.6. The maximum absolute atomic E-state index is 12.8. The van der Waals surface area contributed by atoms with Crippen LogP contribution in [0.2, 0.25) is 0 Å². The van der Waals surface area contributed by atoms with E-state index in [0.29, 0.717) is 17.9 Å². The highest BCUT2D eigenvalue weighted by Crippen LogP contribution is 2.23. The number of amides is 1. The van der Waals surface area contributed by atoms with Gasteiger partial charge in [0.25, 0.3) is 5.91 Å². The average Bonchev–Trinajstić information content (AvgIpc) is 2.70. The van der Waals surface area contributed by atoms with Crippen molar-refractivity contribution >= 4 is 54.7 Å². The van der Waals surface area contributed by atoms with Crippen LogP contribution in [0.25, 0.3) is 0 Å². The van der Waals surface area contributed by atoms with Crippen LogP contribution in [0.4, 0.5) is 11.4 Å². The van der Waals surface area contributed by atoms with Crippen molar-refractivity contribution in [3.8, 4) is 0 Å². The minimum atomic E-state index is -0.102. The molecule has 7 heteroatoms. The van der Waals surface area contributed by atoms with E-state index in [9.17, 15) is 4.79 Å². The van der Waals surface area contributed by atoms with Gasteiger partial charge in [-0.05, 0) is 61.6 Å². The molecular weight excluding hydrogens is 437 g/mol. The van der Waals surface area contributed by atoms with Crippen LogP contribution in [0.3, 0.4) is 0 Å². The summed E-state index contributed by atoms with van der Waals surface area (Å²) in [7, 11) is 0. The Hall–Kier alpha value is -1.40. The number of anilines is 2. The fourth-order valence-corrected chi connectivity index (χ4v) is 3.18. The zero-order chi connectivity index (χ0) is 20.5. The number of aryl methyl sites for hydroxylation is 2. The number of unbranched alkanes of at least 4 members (excludes halogenated alkanes) is 2. The van der Waals surface area contributed by atoms with Gasteiger partial charge in [-0.1, -0.05) is 38.0 Å². The Bertz CT molecular complexity index is 802. The fourth-order valence-electron chi connectivity index (χ4n) is 3.05. The molecule has 0 unspecified atom stereocenters. The zero-order valence-electron chi connectivity index (χ0n) is 18.0. The molecule has 30 heavy (non-hydrogen) atoms. The molecule has 4 nitrogen and oxygen atoms in total. The van der Waals surface area contributed by atoms with E-state index in [4.69, 9.17) is 5.73 Å². The maximum Gasteiger partial charge on any atom is 0.255 e. The molecule has 0 heterocycles. The molecule has 0 saturated carbocycles. The minimum Gasteiger partial charge on any atom is -0.383 e. The quantitative estimate of drug-likeness (QED) is 0.261. The van der Waals surface area contributed by atoms with Crippen molar-refractivity contribution in [1.29, 1.82) is 0 Å². The van der Waals surface area contributed by atoms with Crippen molar-refractivity contribution in [2.75, 3.05) is 22.9 Å². The molecule has 1 atom stereocenters. The molecule has 0 saturated heterocycles. The molecule has 0 aliphatic rings. The third kappa shape index (κ3) is 8.38. The molecule has 0 bridgehead atoms. The van der Waals surface area contributed by atoms with Gasteiger partial charge in [0.2, 0.25) is 0 Å². The number of benzene rings is 2. The van der Waals surface area contributed by atoms with Crippen molar-refractivity contribution in [1.82, 2.24) is 0 Å². The lowest BCUT2D eigenvalue weighted by molar-refractivity contribution is 0.102. The van der Waals surface area contributed by atoms with Crippen molar-refractivity contribution in [3.63, 3.8) is 0 Å². The molecule has 4 N–H and O–H groups in total. The van der Waals surface area contributed by atoms with Gasteiger partial charge < -0.3 is 16.4 Å². The van der Waals surface area contributed by atoms with Crippen molar-refractivity contribution in [2.24, 2.45) is 5.73 Å². The third-order valence-electron chi connectivity index (χ3n) is 5.06. The monoisotopic (exact) mass is 471 g/mol. The van der Waals surface area contributed by atoms with Gasteiger partial charge in [-0.25, -0.2) is 0 Å². The van der Waals surface area contributed by atoms with Gasteiger partial charge in [-0.3, -0.25) is 4.79 Å². The van der Waals surface area contributed by atoms with E-state index in [2.05, 4.69) is 36.3 Å². The Balaban J connectivity index is 0.00000420. The Morgan fingerprint density at radius 1 is 1.10 bits per heavy atom. The van der Waals surface area contributed by atoms with E-state index >= 15 is 0 Å². The summed E-state index contributed by atoms with van der Waals surface area (Å²) >= 11 is 4.25. The standard InChI is InChI=1S/C23H33N3OS.2ClH/c1-4-5-6-9-18-11-12-19(13-22(18)25-14-20(24)15-28)23(27)26-21-10-7-8-16(2)17(21)3;;/h7-8,10-13,20,25,28H,4-6,9,14-15,24H2,1-3H3,(H,26,27);2*1H/t20-;;/m1../s1. The second-order valence-corrected chi connectivity index (χ2v) is 7.72. The summed E-state index contributed by atoms with van der Waals surface area (Å²) in [6, 6.07) is 11.8. The lowest BCUT2D eigenvalue weighted by atomic mass is 10.0. The average molecular weight is 473 g/mol. The Labute approximate surface area is 199 Å². The van der Waals surface area contributed by atoms with Crippen LogP contribution < -0.4 is 16.4 Å². The number of carbonyl (C=O) groups excluding carboxylic acids is 1. The van der Waals surface area contributed by atoms with E-state index in [0.717, 1.165) is 35.3 Å². The number of thiol groups is 1. The number of rotatable bonds is 10. The topological polar surface area (TPSA) is 67.2 Å². The summed E-state index contributed by atoms with van der Waals surface area (Å²) in [5, 5.41) is 6.46. The van der Waals surface area contributed by atoms with Gasteiger partial charge in [0.15, 0.2) is 0 Å². The predicted molar refractivity (Wildman–Crippen MR) is 138 cm³/mol. The molecule has 0 spiro atoms. The van der Waals surface area contributed by atoms with Gasteiger partial charge in [-0.2, -0.15) is 12.6 Å². The first-order valence-corrected chi connectivity index (χ1v) is 10.7. The summed E-state index contributed by atoms with van der Waals surface area (Å²) in [6.45, 7) is 6.90. The van der Waals surface area contributed by atoms with Crippen molar-refractivity contribution in [3.05, 3.63) is 58.7 Å². The fraction of sp³-hybridized carbons (Fsp3) is 0.435. The van der Waals surface area contributed by atoms with Crippen LogP contribution in [0, 0.1) is 13.8 Å². The van der Waals surface area contributed by atoms with Crippen LogP contribution in [0.15, 0.2) is 36.4 Å². The molecule has 2 aromatic rings. The smallest absolute Gasteiger partial charge is 0.255 e. The summed E-state index contributed by atoms with van der Waals surface area (Å²) in [4.78, 5) is 12.8. The number of nitrogens with one attached hydrogen (secondary N) is 2. The van der Waals surface area contributed by atoms with Crippen LogP contribution in [-0.2, 0) is 6.42 Å². The number of hydrogen-bond donors (Lipinski definition) is 4. The van der Waals surface area contributed by atoms with E-state index in [1.54, 1.807) is 0 Å². The summed E-state index contributed by atoms with van der Waals surface area (Å²) < 4.78 is 0. The first-order chi connectivity index (χ1) is 13.5. The van der Waals surface area contributed by atoms with Crippen molar-refractivity contribution in [2.45, 2.75) is 52.5 Å². The third-order valence-corrected chi connectivity index (χ3v) is 5.53. The summed E-state index contributed by atoms with van der Waals surface area (Å²) in [5.74, 6) is 0.515. The summed E-state index contributed by atoms with van der Waals surface area (Å²) in [5.41, 5.74) is 12.0. The largest absolute Gasteiger partial charge is 0.383 e. The lowest BCUT2D eigenvalue weighted by Crippen LogP contribution is -2.31. The molecule has 2 aromatic carbocycles. The Kier molecular flexibility index (Phi) is 13.9. The van der Waals surface area contributed by atoms with Crippen LogP contribution >= 0.6 is 37.4 Å². The van der Waals surface area contributed by atoms with E-state index in [-0.39, 0.29) is 36.8 Å². The first-order valence-electron chi connectivity index (χ1n) is 10.1. The highest BCUT2D eigenvalue weighted by atomic mass is 35.5. The molecule has 168 valence electrons. The van der Waals surface area contributed by atoms with Gasteiger partial charge in [0.05, 0.1) is 0 Å². The van der Waals surface area contributed by atoms with Crippen LogP contribution in [-0.4, -0.2) is 24.2 Å². The second-order valence-electron chi connectivity index (χ2n) is 7.35. The van der Waals surface area contributed by atoms with Gasteiger partial charge in [-0.15, -0.1) is 24.8 Å². The molecular formula is C23H35Cl2N3OS. The molecule has 2 rings (SSSR count). The van der Waals surface area contributed by atoms with Gasteiger partial charge >= 0.3 is 0 Å². The second kappa shape index (κ2) is 14.6. The number of hydrogen-bond acceptors (Lipinski definition) is 4. The summed E-state index contributed by atoms with van der Waals surface area (Å²) in [6.07, 6.45) is 4.51. The van der Waals surface area contributed by atoms with Crippen molar-refractivity contribution < 1.29 is 4.79 Å². The predicted octanol–water partition coefficient (Wildman–Crippen LogP) is 5.80. The van der Waals surface area contributed by atoms with Gasteiger partial charge in [0.1, 0.15) is 0 Å². The number of carbonyl (C=O) groups is 1. The van der Waals surface area contributed by atoms with E-state index in [1.165, 1.54) is 18.4 Å². The molecule has 0 aliphatic carbocycles. The highest BCUT2D eigenvalue weighted by Gasteiger charge is 2.12. The molecule has 0 radical (unpaired) electrons. The maximum atomic E-state index is 12.8. The number of nitrogens with two attached hydrogens (primary N) is 1. The molecule has 1 amide bonds. The van der Waals surface area contributed by atoms with Crippen LogP contribution in [0.1, 0.15) is 53.2 Å². The Morgan fingerprint density at radius 2 is 1.83 bits per heavy atom. The zero-order valence-corrected chi connectivity index (χ0v) is 20.6.